The number of aromatic nitrogens is 1. The van der Waals surface area contributed by atoms with Gasteiger partial charge in [0.2, 0.25) is 5.95 Å². The Bertz CT molecular complexity index is 456. The minimum atomic E-state index is -1.65. The summed E-state index contributed by atoms with van der Waals surface area (Å²) < 4.78 is 38.2. The monoisotopic (exact) mass is 197 g/mol. The Morgan fingerprint density at radius 1 is 1.14 bits per heavy atom. The van der Waals surface area contributed by atoms with Crippen molar-refractivity contribution in [2.24, 2.45) is 0 Å². The number of hydrogen-bond donors (Lipinski definition) is 0. The predicted molar refractivity (Wildman–Crippen MR) is 38.1 cm³/mol. The molecule has 0 bridgehead atoms. The first-order valence-electron chi connectivity index (χ1n) is 3.42. The largest absolute Gasteiger partial charge is 0.251 e. The molecule has 1 aromatic heterocycles. The molecule has 0 N–H and O–H groups in total. The number of pyridine rings is 1. The first kappa shape index (κ1) is 10.0. The second-order valence-electron chi connectivity index (χ2n) is 2.31. The van der Waals surface area contributed by atoms with Crippen molar-refractivity contribution in [2.45, 2.75) is 6.42 Å². The van der Waals surface area contributed by atoms with Crippen LogP contribution < -0.4 is 0 Å². The number of nitriles is 2. The van der Waals surface area contributed by atoms with E-state index in [-0.39, 0.29) is 0 Å². The second kappa shape index (κ2) is 3.75. The lowest BCUT2D eigenvalue weighted by atomic mass is 10.1. The van der Waals surface area contributed by atoms with Crippen LogP contribution in [0.2, 0.25) is 0 Å². The molecular formula is C8H2F3N3. The van der Waals surface area contributed by atoms with Crippen LogP contribution in [0.25, 0.3) is 0 Å². The van der Waals surface area contributed by atoms with Gasteiger partial charge in [0.1, 0.15) is 11.6 Å². The van der Waals surface area contributed by atoms with Crippen LogP contribution in [0.5, 0.6) is 0 Å². The normalized spacial score (nSPS) is 9.21. The molecule has 14 heavy (non-hydrogen) atoms. The van der Waals surface area contributed by atoms with Gasteiger partial charge in [0, 0.05) is 5.56 Å². The van der Waals surface area contributed by atoms with Crippen molar-refractivity contribution >= 4 is 0 Å². The number of rotatable bonds is 1. The van der Waals surface area contributed by atoms with Gasteiger partial charge in [0.05, 0.1) is 12.5 Å². The van der Waals surface area contributed by atoms with E-state index in [1.165, 1.54) is 12.1 Å². The fourth-order valence-corrected chi connectivity index (χ4v) is 0.909. The van der Waals surface area contributed by atoms with Crippen molar-refractivity contribution in [3.05, 3.63) is 28.8 Å². The molecule has 0 spiro atoms. The molecule has 0 aliphatic carbocycles. The van der Waals surface area contributed by atoms with Crippen molar-refractivity contribution in [3.8, 4) is 12.1 Å². The van der Waals surface area contributed by atoms with Gasteiger partial charge < -0.3 is 0 Å². The minimum Gasteiger partial charge on any atom is -0.202 e. The van der Waals surface area contributed by atoms with Crippen molar-refractivity contribution in [3.63, 3.8) is 0 Å². The van der Waals surface area contributed by atoms with Gasteiger partial charge in [-0.2, -0.15) is 24.3 Å². The van der Waals surface area contributed by atoms with Crippen LogP contribution in [0.15, 0.2) is 0 Å². The quantitative estimate of drug-likeness (QED) is 0.640. The van der Waals surface area contributed by atoms with Crippen molar-refractivity contribution in [1.29, 1.82) is 10.5 Å². The van der Waals surface area contributed by atoms with Crippen LogP contribution >= 0.6 is 0 Å². The molecule has 6 heteroatoms. The Balaban J connectivity index is 3.51. The molecule has 0 fully saturated rings. The third kappa shape index (κ3) is 1.50. The topological polar surface area (TPSA) is 60.5 Å². The van der Waals surface area contributed by atoms with Crippen LogP contribution in [-0.2, 0) is 6.42 Å². The van der Waals surface area contributed by atoms with Crippen LogP contribution in [0.3, 0.4) is 0 Å². The third-order valence-corrected chi connectivity index (χ3v) is 1.52. The van der Waals surface area contributed by atoms with E-state index in [0.29, 0.717) is 0 Å². The van der Waals surface area contributed by atoms with Crippen LogP contribution in [0.4, 0.5) is 13.2 Å². The molecule has 0 atom stereocenters. The minimum absolute atomic E-state index is 0.578. The Kier molecular flexibility index (Phi) is 2.68. The smallest absolute Gasteiger partial charge is 0.202 e. The van der Waals surface area contributed by atoms with E-state index in [9.17, 15) is 13.2 Å². The fraction of sp³-hybridized carbons (Fsp3) is 0.125. The molecule has 0 unspecified atom stereocenters. The summed E-state index contributed by atoms with van der Waals surface area (Å²) in [6.45, 7) is 0. The lowest BCUT2D eigenvalue weighted by molar-refractivity contribution is 0.439. The summed E-state index contributed by atoms with van der Waals surface area (Å²) in [6.07, 6.45) is -0.578. The molecule has 0 saturated carbocycles. The SMILES string of the molecule is N#CCc1c(F)c(F)nc(F)c1C#N. The van der Waals surface area contributed by atoms with E-state index in [4.69, 9.17) is 10.5 Å². The van der Waals surface area contributed by atoms with Gasteiger partial charge in [0.25, 0.3) is 5.95 Å². The highest BCUT2D eigenvalue weighted by Gasteiger charge is 2.19. The fourth-order valence-electron chi connectivity index (χ4n) is 0.909. The van der Waals surface area contributed by atoms with Crippen molar-refractivity contribution in [2.75, 3.05) is 0 Å². The zero-order valence-electron chi connectivity index (χ0n) is 6.68. The lowest BCUT2D eigenvalue weighted by Gasteiger charge is -2.01. The Morgan fingerprint density at radius 3 is 2.29 bits per heavy atom. The maximum absolute atomic E-state index is 12.9. The zero-order valence-corrected chi connectivity index (χ0v) is 6.68. The van der Waals surface area contributed by atoms with E-state index in [1.807, 2.05) is 0 Å². The average Bonchev–Trinajstić information content (AvgIpc) is 2.14. The summed E-state index contributed by atoms with van der Waals surface area (Å²) in [5, 5.41) is 16.7. The van der Waals surface area contributed by atoms with Crippen LogP contribution in [0.1, 0.15) is 11.1 Å². The van der Waals surface area contributed by atoms with E-state index in [0.717, 1.165) is 0 Å². The molecule has 0 amide bonds. The molecule has 0 aliphatic heterocycles. The first-order valence-corrected chi connectivity index (χ1v) is 3.42. The molecule has 0 aliphatic rings. The summed E-state index contributed by atoms with van der Waals surface area (Å²) >= 11 is 0. The molecule has 1 heterocycles. The predicted octanol–water partition coefficient (Wildman–Crippen LogP) is 1.44. The van der Waals surface area contributed by atoms with Gasteiger partial charge >= 0.3 is 0 Å². The number of hydrogen-bond acceptors (Lipinski definition) is 3. The summed E-state index contributed by atoms with van der Waals surface area (Å²) in [5.41, 5.74) is -1.33. The number of halogens is 3. The van der Waals surface area contributed by atoms with Gasteiger partial charge in [0.15, 0.2) is 5.82 Å². The average molecular weight is 197 g/mol. The lowest BCUT2D eigenvalue weighted by Crippen LogP contribution is -2.05. The van der Waals surface area contributed by atoms with E-state index in [2.05, 4.69) is 4.98 Å². The van der Waals surface area contributed by atoms with Gasteiger partial charge in [-0.15, -0.1) is 0 Å². The van der Waals surface area contributed by atoms with E-state index >= 15 is 0 Å². The highest BCUT2D eigenvalue weighted by atomic mass is 19.2. The third-order valence-electron chi connectivity index (χ3n) is 1.52. The summed E-state index contributed by atoms with van der Waals surface area (Å²) in [7, 11) is 0. The molecule has 0 aromatic carbocycles. The first-order chi connectivity index (χ1) is 6.61. The molecule has 0 saturated heterocycles. The highest BCUT2D eigenvalue weighted by molar-refractivity contribution is 5.38. The Labute approximate surface area is 77.0 Å². The highest BCUT2D eigenvalue weighted by Crippen LogP contribution is 2.17. The van der Waals surface area contributed by atoms with E-state index < -0.39 is 35.3 Å². The van der Waals surface area contributed by atoms with Crippen molar-refractivity contribution in [1.82, 2.24) is 4.98 Å². The molecule has 3 nitrogen and oxygen atoms in total. The summed E-state index contributed by atoms with van der Waals surface area (Å²) in [5.74, 6) is -4.51. The maximum atomic E-state index is 12.9. The van der Waals surface area contributed by atoms with Crippen molar-refractivity contribution < 1.29 is 13.2 Å². The molecular weight excluding hydrogens is 195 g/mol. The summed E-state index contributed by atoms with van der Waals surface area (Å²) in [6, 6.07) is 2.82. The molecule has 1 aromatic rings. The maximum Gasteiger partial charge on any atom is 0.251 e. The van der Waals surface area contributed by atoms with Gasteiger partial charge in [-0.1, -0.05) is 0 Å². The van der Waals surface area contributed by atoms with Crippen LogP contribution in [0, 0.1) is 40.4 Å². The second-order valence-corrected chi connectivity index (χ2v) is 2.31. The number of nitrogens with zero attached hydrogens (tertiary/aromatic N) is 3. The Morgan fingerprint density at radius 2 is 1.79 bits per heavy atom. The van der Waals surface area contributed by atoms with Gasteiger partial charge in [-0.3, -0.25) is 0 Å². The van der Waals surface area contributed by atoms with E-state index in [1.54, 1.807) is 0 Å². The molecule has 70 valence electrons. The van der Waals surface area contributed by atoms with Crippen LogP contribution in [-0.4, -0.2) is 4.98 Å². The van der Waals surface area contributed by atoms with Gasteiger partial charge in [-0.25, -0.2) is 4.39 Å². The zero-order chi connectivity index (χ0) is 10.7. The standard InChI is InChI=1S/C8H2F3N3/c9-6-4(1-2-12)5(3-13)7(10)14-8(6)11/h1H2. The molecule has 0 radical (unpaired) electrons. The van der Waals surface area contributed by atoms with Gasteiger partial charge in [-0.05, 0) is 0 Å². The summed E-state index contributed by atoms with van der Waals surface area (Å²) in [4.78, 5) is 2.55. The Hall–Kier alpha value is -2.08. The molecule has 1 rings (SSSR count).